The van der Waals surface area contributed by atoms with Crippen molar-refractivity contribution >= 4 is 16.3 Å². The Hall–Kier alpha value is -5.22. The minimum absolute atomic E-state index is 0.313. The normalized spacial score (nSPS) is 14.7. The van der Waals surface area contributed by atoms with Crippen LogP contribution in [-0.2, 0) is 0 Å². The fourth-order valence-electron chi connectivity index (χ4n) is 5.26. The van der Waals surface area contributed by atoms with Crippen LogP contribution in [0.4, 0.5) is 0 Å². The van der Waals surface area contributed by atoms with Gasteiger partial charge in [-0.1, -0.05) is 109 Å². The van der Waals surface area contributed by atoms with E-state index in [-0.39, 0.29) is 0 Å². The number of hydrogen-bond donors (Lipinski definition) is 0. The topological polar surface area (TPSA) is 51.6 Å². The average molecular weight is 515 g/mol. The Morgan fingerprint density at radius 3 is 1.75 bits per heavy atom. The predicted octanol–water partition coefficient (Wildman–Crippen LogP) is 8.55. The third-order valence-electron chi connectivity index (χ3n) is 7.35. The summed E-state index contributed by atoms with van der Waals surface area (Å²) in [5.74, 6) is 2.30. The highest BCUT2D eigenvalue weighted by Crippen LogP contribution is 2.37. The zero-order valence-electron chi connectivity index (χ0n) is 21.9. The van der Waals surface area contributed by atoms with Crippen molar-refractivity contribution in [1.82, 2.24) is 19.9 Å². The minimum Gasteiger partial charge on any atom is -0.264 e. The van der Waals surface area contributed by atoms with Crippen molar-refractivity contribution in [2.24, 2.45) is 0 Å². The van der Waals surface area contributed by atoms with E-state index in [1.165, 1.54) is 16.5 Å². The number of rotatable bonds is 5. The second kappa shape index (κ2) is 10.5. The summed E-state index contributed by atoms with van der Waals surface area (Å²) in [5.41, 5.74) is 6.42. The first-order chi connectivity index (χ1) is 19.8. The third-order valence-corrected chi connectivity index (χ3v) is 7.35. The van der Waals surface area contributed by atoms with Gasteiger partial charge >= 0.3 is 0 Å². The van der Waals surface area contributed by atoms with Crippen LogP contribution in [0.5, 0.6) is 0 Å². The van der Waals surface area contributed by atoms with E-state index in [1.807, 2.05) is 79.1 Å². The van der Waals surface area contributed by atoms with Gasteiger partial charge in [-0.2, -0.15) is 0 Å². The molecular weight excluding hydrogens is 488 g/mol. The molecule has 190 valence electrons. The molecule has 4 heteroatoms. The summed E-state index contributed by atoms with van der Waals surface area (Å²) in [6.07, 6.45) is 11.5. The monoisotopic (exact) mass is 514 g/mol. The molecule has 40 heavy (non-hydrogen) atoms. The van der Waals surface area contributed by atoms with Crippen LogP contribution < -0.4 is 0 Å². The SMILES string of the molecule is C1=CC(c2cccnc2)CC=C1c1cc2ccccc2cc1-c1nc(-c2ccccc2)nc(-c2ccccc2)n1. The number of benzene rings is 4. The van der Waals surface area contributed by atoms with Crippen molar-refractivity contribution in [2.75, 3.05) is 0 Å². The molecule has 4 aromatic carbocycles. The summed E-state index contributed by atoms with van der Waals surface area (Å²) in [5, 5.41) is 2.34. The lowest BCUT2D eigenvalue weighted by atomic mass is 9.86. The van der Waals surface area contributed by atoms with Gasteiger partial charge in [0.1, 0.15) is 0 Å². The van der Waals surface area contributed by atoms with Gasteiger partial charge in [0, 0.05) is 35.0 Å². The summed E-state index contributed by atoms with van der Waals surface area (Å²) >= 11 is 0. The molecule has 0 radical (unpaired) electrons. The number of aromatic nitrogens is 4. The van der Waals surface area contributed by atoms with E-state index < -0.39 is 0 Å². The van der Waals surface area contributed by atoms with Crippen LogP contribution in [0, 0.1) is 0 Å². The van der Waals surface area contributed by atoms with E-state index in [0.717, 1.165) is 34.1 Å². The highest BCUT2D eigenvalue weighted by Gasteiger charge is 2.19. The molecule has 0 aliphatic heterocycles. The molecule has 0 amide bonds. The van der Waals surface area contributed by atoms with Crippen LogP contribution >= 0.6 is 0 Å². The first-order valence-corrected chi connectivity index (χ1v) is 13.5. The van der Waals surface area contributed by atoms with Gasteiger partial charge in [-0.15, -0.1) is 0 Å². The molecule has 1 aliphatic carbocycles. The van der Waals surface area contributed by atoms with Crippen molar-refractivity contribution in [3.05, 3.63) is 151 Å². The van der Waals surface area contributed by atoms with Gasteiger partial charge in [0.05, 0.1) is 0 Å². The molecule has 0 N–H and O–H groups in total. The zero-order valence-corrected chi connectivity index (χ0v) is 21.9. The van der Waals surface area contributed by atoms with Crippen molar-refractivity contribution in [2.45, 2.75) is 12.3 Å². The fraction of sp³-hybridized carbons (Fsp3) is 0.0556. The van der Waals surface area contributed by atoms with Gasteiger partial charge < -0.3 is 0 Å². The Kier molecular flexibility index (Phi) is 6.27. The summed E-state index contributed by atoms with van der Waals surface area (Å²) in [6, 6.07) is 37.3. The Morgan fingerprint density at radius 2 is 1.18 bits per heavy atom. The Balaban J connectivity index is 1.40. The molecule has 1 atom stereocenters. The number of fused-ring (bicyclic) bond motifs is 1. The van der Waals surface area contributed by atoms with Crippen molar-refractivity contribution < 1.29 is 0 Å². The average Bonchev–Trinajstić information content (AvgIpc) is 3.05. The zero-order chi connectivity index (χ0) is 26.7. The highest BCUT2D eigenvalue weighted by atomic mass is 15.0. The fourth-order valence-corrected chi connectivity index (χ4v) is 5.26. The number of nitrogens with zero attached hydrogens (tertiary/aromatic N) is 4. The van der Waals surface area contributed by atoms with E-state index >= 15 is 0 Å². The Morgan fingerprint density at radius 1 is 0.575 bits per heavy atom. The maximum absolute atomic E-state index is 5.04. The summed E-state index contributed by atoms with van der Waals surface area (Å²) in [6.45, 7) is 0. The largest absolute Gasteiger partial charge is 0.264 e. The smallest absolute Gasteiger partial charge is 0.164 e. The molecule has 2 aromatic heterocycles. The number of hydrogen-bond acceptors (Lipinski definition) is 4. The van der Waals surface area contributed by atoms with Gasteiger partial charge in [0.25, 0.3) is 0 Å². The van der Waals surface area contributed by atoms with E-state index in [1.54, 1.807) is 0 Å². The van der Waals surface area contributed by atoms with Crippen LogP contribution in [0.15, 0.2) is 140 Å². The van der Waals surface area contributed by atoms with Crippen molar-refractivity contribution in [3.8, 4) is 34.2 Å². The van der Waals surface area contributed by atoms with Crippen LogP contribution in [0.3, 0.4) is 0 Å². The lowest BCUT2D eigenvalue weighted by Gasteiger charge is -2.19. The molecular formula is C36H26N4. The maximum atomic E-state index is 5.04. The number of allylic oxidation sites excluding steroid dienone is 4. The molecule has 4 nitrogen and oxygen atoms in total. The van der Waals surface area contributed by atoms with Gasteiger partial charge in [0.15, 0.2) is 17.5 Å². The second-order valence-electron chi connectivity index (χ2n) is 9.93. The molecule has 0 saturated carbocycles. The van der Waals surface area contributed by atoms with Crippen LogP contribution in [-0.4, -0.2) is 19.9 Å². The lowest BCUT2D eigenvalue weighted by molar-refractivity contribution is 0.849. The van der Waals surface area contributed by atoms with Crippen molar-refractivity contribution in [3.63, 3.8) is 0 Å². The van der Waals surface area contributed by atoms with E-state index in [4.69, 9.17) is 15.0 Å². The maximum Gasteiger partial charge on any atom is 0.164 e. The highest BCUT2D eigenvalue weighted by molar-refractivity contribution is 5.95. The number of pyridine rings is 1. The standard InChI is InChI=1S/C36H26N4/c1-3-10-27(11-4-1)34-38-35(28-12-5-2-6-13-28)40-36(39-34)33-23-30-15-8-7-14-29(30)22-32(33)26-19-17-25(18-20-26)31-16-9-21-37-24-31/h1-17,19-25H,18H2. The van der Waals surface area contributed by atoms with E-state index in [0.29, 0.717) is 23.4 Å². The Bertz CT molecular complexity index is 1800. The molecule has 7 rings (SSSR count). The van der Waals surface area contributed by atoms with Crippen LogP contribution in [0.1, 0.15) is 23.5 Å². The van der Waals surface area contributed by atoms with Crippen molar-refractivity contribution in [1.29, 1.82) is 0 Å². The predicted molar refractivity (Wildman–Crippen MR) is 162 cm³/mol. The molecule has 0 saturated heterocycles. The summed E-state index contributed by atoms with van der Waals surface area (Å²) in [4.78, 5) is 19.3. The first-order valence-electron chi connectivity index (χ1n) is 13.5. The molecule has 1 aliphatic rings. The quantitative estimate of drug-likeness (QED) is 0.231. The lowest BCUT2D eigenvalue weighted by Crippen LogP contribution is -2.03. The minimum atomic E-state index is 0.313. The second-order valence-corrected chi connectivity index (χ2v) is 9.93. The van der Waals surface area contributed by atoms with Crippen LogP contribution in [0.25, 0.3) is 50.5 Å². The summed E-state index contributed by atoms with van der Waals surface area (Å²) in [7, 11) is 0. The van der Waals surface area contributed by atoms with Gasteiger partial charge in [-0.05, 0) is 52.1 Å². The molecule has 2 heterocycles. The molecule has 1 unspecified atom stereocenters. The van der Waals surface area contributed by atoms with Gasteiger partial charge in [-0.25, -0.2) is 15.0 Å². The van der Waals surface area contributed by atoms with Crippen LogP contribution in [0.2, 0.25) is 0 Å². The summed E-state index contributed by atoms with van der Waals surface area (Å²) < 4.78 is 0. The van der Waals surface area contributed by atoms with E-state index in [2.05, 4.69) is 65.7 Å². The van der Waals surface area contributed by atoms with Gasteiger partial charge in [-0.3, -0.25) is 4.98 Å². The van der Waals surface area contributed by atoms with E-state index in [9.17, 15) is 0 Å². The molecule has 0 fully saturated rings. The Labute approximate surface area is 233 Å². The van der Waals surface area contributed by atoms with Gasteiger partial charge in [0.2, 0.25) is 0 Å². The molecule has 6 aromatic rings. The molecule has 0 spiro atoms. The first kappa shape index (κ1) is 23.9. The third kappa shape index (κ3) is 4.72. The molecule has 0 bridgehead atoms.